The van der Waals surface area contributed by atoms with Crippen molar-refractivity contribution in [2.24, 2.45) is 17.8 Å². The highest BCUT2D eigenvalue weighted by Crippen LogP contribution is 2.42. The van der Waals surface area contributed by atoms with E-state index in [9.17, 15) is 9.90 Å². The van der Waals surface area contributed by atoms with Crippen molar-refractivity contribution in [1.29, 1.82) is 0 Å². The maximum Gasteiger partial charge on any atom is 0.261 e. The molecule has 2 aliphatic heterocycles. The van der Waals surface area contributed by atoms with Gasteiger partial charge < -0.3 is 14.7 Å². The van der Waals surface area contributed by atoms with Crippen molar-refractivity contribution in [2.45, 2.75) is 83.0 Å². The standard InChI is InChI=1S/C34H45ClN2O3S/c1-4-7-23-17-27(35)12-14-29(23)26-20-37-19-25-10-13-30(25)32(38)9-6-5-8-28(16-22(2)3)41-36-34(39)24-11-15-33(40-21-26)31(37)18-24/h6,9,11-12,14-15,17-18,22,25-26,28,30,32,38H,4-5,7-8,10,13,16,19-21H2,1-3H3,(H,36,39)/b9-6+/t25-,26?,28?,30?,32?/m0/s1. The van der Waals surface area contributed by atoms with Gasteiger partial charge in [-0.05, 0) is 110 Å². The fourth-order valence-corrected chi connectivity index (χ4v) is 7.94. The minimum Gasteiger partial charge on any atom is -0.491 e. The molecule has 0 radical (unpaired) electrons. The molecule has 0 aromatic heterocycles. The van der Waals surface area contributed by atoms with Crippen molar-refractivity contribution in [2.75, 3.05) is 24.6 Å². The summed E-state index contributed by atoms with van der Waals surface area (Å²) >= 11 is 7.94. The van der Waals surface area contributed by atoms with Gasteiger partial charge in [0.2, 0.25) is 0 Å². The van der Waals surface area contributed by atoms with E-state index < -0.39 is 6.10 Å². The highest BCUT2D eigenvalue weighted by molar-refractivity contribution is 7.98. The van der Waals surface area contributed by atoms with Gasteiger partial charge in [-0.3, -0.25) is 9.52 Å². The first-order valence-electron chi connectivity index (χ1n) is 15.4. The molecule has 1 saturated carbocycles. The quantitative estimate of drug-likeness (QED) is 0.272. The number of aliphatic hydroxyl groups excluding tert-OH is 1. The summed E-state index contributed by atoms with van der Waals surface area (Å²) < 4.78 is 9.61. The van der Waals surface area contributed by atoms with E-state index in [0.29, 0.717) is 29.3 Å². The number of hydrogen-bond acceptors (Lipinski definition) is 5. The third-order valence-corrected chi connectivity index (χ3v) is 10.2. The summed E-state index contributed by atoms with van der Waals surface area (Å²) in [4.78, 5) is 15.8. The third-order valence-electron chi connectivity index (χ3n) is 8.92. The molecule has 1 amide bonds. The van der Waals surface area contributed by atoms with Crippen LogP contribution in [0.5, 0.6) is 5.75 Å². The maximum absolute atomic E-state index is 13.4. The molecule has 1 aliphatic carbocycles. The fourth-order valence-electron chi connectivity index (χ4n) is 6.62. The second kappa shape index (κ2) is 13.9. The summed E-state index contributed by atoms with van der Waals surface area (Å²) in [5, 5.41) is 12.2. The van der Waals surface area contributed by atoms with Crippen LogP contribution in [0, 0.1) is 17.8 Å². The zero-order valence-electron chi connectivity index (χ0n) is 24.7. The van der Waals surface area contributed by atoms with Crippen molar-refractivity contribution in [3.05, 3.63) is 70.3 Å². The Kier molecular flexibility index (Phi) is 10.3. The van der Waals surface area contributed by atoms with E-state index in [1.54, 1.807) is 0 Å². The second-order valence-corrected chi connectivity index (χ2v) is 14.0. The number of amides is 1. The molecule has 0 saturated heterocycles. The van der Waals surface area contributed by atoms with Gasteiger partial charge in [-0.15, -0.1) is 0 Å². The average Bonchev–Trinajstić information content (AvgIpc) is 3.10. The van der Waals surface area contributed by atoms with Gasteiger partial charge in [-0.25, -0.2) is 0 Å². The van der Waals surface area contributed by atoms with Gasteiger partial charge in [0.05, 0.1) is 18.4 Å². The molecule has 41 heavy (non-hydrogen) atoms. The van der Waals surface area contributed by atoms with Crippen molar-refractivity contribution >= 4 is 35.1 Å². The monoisotopic (exact) mass is 596 g/mol. The van der Waals surface area contributed by atoms with Crippen LogP contribution in [0.4, 0.5) is 5.69 Å². The number of hydrogen-bond donors (Lipinski definition) is 2. The lowest BCUT2D eigenvalue weighted by molar-refractivity contribution is 0.0461. The molecule has 5 nitrogen and oxygen atoms in total. The molecule has 5 rings (SSSR count). The van der Waals surface area contributed by atoms with Crippen LogP contribution in [0.25, 0.3) is 0 Å². The van der Waals surface area contributed by atoms with Crippen LogP contribution in [0.1, 0.15) is 86.7 Å². The maximum atomic E-state index is 13.4. The second-order valence-electron chi connectivity index (χ2n) is 12.5. The van der Waals surface area contributed by atoms with Crippen LogP contribution in [-0.2, 0) is 6.42 Å². The van der Waals surface area contributed by atoms with Crippen molar-refractivity contribution in [3.63, 3.8) is 0 Å². The Labute approximate surface area is 255 Å². The predicted octanol–water partition coefficient (Wildman–Crippen LogP) is 7.80. The third kappa shape index (κ3) is 7.44. The smallest absolute Gasteiger partial charge is 0.261 e. The minimum absolute atomic E-state index is 0.0604. The number of ether oxygens (including phenoxy) is 1. The number of anilines is 1. The van der Waals surface area contributed by atoms with E-state index in [2.05, 4.69) is 48.6 Å². The Hall–Kier alpha value is -2.15. The van der Waals surface area contributed by atoms with E-state index >= 15 is 0 Å². The Balaban J connectivity index is 1.48. The van der Waals surface area contributed by atoms with Gasteiger partial charge in [0, 0.05) is 34.8 Å². The number of allylic oxidation sites excluding steroid dienone is 1. The van der Waals surface area contributed by atoms with Crippen LogP contribution < -0.4 is 14.4 Å². The van der Waals surface area contributed by atoms with Gasteiger partial charge in [0.25, 0.3) is 5.91 Å². The van der Waals surface area contributed by atoms with Crippen LogP contribution in [0.2, 0.25) is 5.02 Å². The fraction of sp³-hybridized carbons (Fsp3) is 0.559. The summed E-state index contributed by atoms with van der Waals surface area (Å²) in [6.45, 7) is 8.83. The van der Waals surface area contributed by atoms with Gasteiger partial charge in [0.15, 0.2) is 0 Å². The lowest BCUT2D eigenvalue weighted by Gasteiger charge is -2.42. The Bertz CT molecular complexity index is 1230. The lowest BCUT2D eigenvalue weighted by Crippen LogP contribution is -2.44. The molecular formula is C34H45ClN2O3S. The molecule has 2 aromatic rings. The van der Waals surface area contributed by atoms with E-state index in [1.165, 1.54) is 23.1 Å². The molecule has 2 bridgehead atoms. The summed E-state index contributed by atoms with van der Waals surface area (Å²) in [6, 6.07) is 12.1. The molecule has 5 atom stereocenters. The van der Waals surface area contributed by atoms with Crippen molar-refractivity contribution < 1.29 is 14.6 Å². The number of aryl methyl sites for hydroxylation is 1. The largest absolute Gasteiger partial charge is 0.491 e. The number of halogens is 1. The number of benzene rings is 2. The zero-order valence-corrected chi connectivity index (χ0v) is 26.2. The topological polar surface area (TPSA) is 61.8 Å². The average molecular weight is 597 g/mol. The first-order chi connectivity index (χ1) is 19.8. The van der Waals surface area contributed by atoms with E-state index in [-0.39, 0.29) is 17.7 Å². The Morgan fingerprint density at radius 1 is 1.15 bits per heavy atom. The lowest BCUT2D eigenvalue weighted by atomic mass is 9.70. The van der Waals surface area contributed by atoms with Crippen LogP contribution in [0.15, 0.2) is 48.6 Å². The van der Waals surface area contributed by atoms with Gasteiger partial charge >= 0.3 is 0 Å². The Morgan fingerprint density at radius 2 is 2.00 bits per heavy atom. The number of nitrogens with one attached hydrogen (secondary N) is 1. The van der Waals surface area contributed by atoms with Gasteiger partial charge in [-0.1, -0.05) is 57.0 Å². The molecular weight excluding hydrogens is 552 g/mol. The molecule has 7 heteroatoms. The van der Waals surface area contributed by atoms with Crippen molar-refractivity contribution in [3.8, 4) is 5.75 Å². The van der Waals surface area contributed by atoms with Crippen LogP contribution in [-0.4, -0.2) is 42.1 Å². The molecule has 222 valence electrons. The van der Waals surface area contributed by atoms with Crippen LogP contribution in [0.3, 0.4) is 0 Å². The first kappa shape index (κ1) is 30.3. The summed E-state index contributed by atoms with van der Waals surface area (Å²) in [6.07, 6.45) is 10.8. The highest BCUT2D eigenvalue weighted by atomic mass is 35.5. The number of aliphatic hydroxyl groups is 1. The molecule has 3 aliphatic rings. The van der Waals surface area contributed by atoms with E-state index in [0.717, 1.165) is 74.5 Å². The SMILES string of the molecule is CCCc1cc(Cl)ccc1C1COc2ccc3cc2N(C1)C[C@@H]1CCC1C(O)/C=C/CCC(CC(C)C)SNC3=O. The summed E-state index contributed by atoms with van der Waals surface area (Å²) in [7, 11) is 0. The van der Waals surface area contributed by atoms with E-state index in [1.807, 2.05) is 30.3 Å². The molecule has 2 aromatic carbocycles. The number of carbonyl (C=O) groups excluding carboxylic acids is 1. The molecule has 4 unspecified atom stereocenters. The summed E-state index contributed by atoms with van der Waals surface area (Å²) in [5.74, 6) is 2.11. The molecule has 0 spiro atoms. The minimum atomic E-state index is -0.421. The Morgan fingerprint density at radius 3 is 2.76 bits per heavy atom. The van der Waals surface area contributed by atoms with Gasteiger partial charge in [-0.2, -0.15) is 0 Å². The van der Waals surface area contributed by atoms with Crippen molar-refractivity contribution in [1.82, 2.24) is 4.72 Å². The molecule has 2 N–H and O–H groups in total. The van der Waals surface area contributed by atoms with E-state index in [4.69, 9.17) is 16.3 Å². The van der Waals surface area contributed by atoms with Crippen LogP contribution >= 0.6 is 23.5 Å². The number of rotatable bonds is 5. The highest BCUT2D eigenvalue weighted by Gasteiger charge is 2.38. The molecule has 1 fully saturated rings. The number of fused-ring (bicyclic) bond motifs is 2. The zero-order chi connectivity index (χ0) is 28.9. The predicted molar refractivity (Wildman–Crippen MR) is 171 cm³/mol. The summed E-state index contributed by atoms with van der Waals surface area (Å²) in [5.41, 5.74) is 4.19. The molecule has 2 heterocycles. The first-order valence-corrected chi connectivity index (χ1v) is 16.7. The number of carbonyl (C=O) groups is 1. The van der Waals surface area contributed by atoms with Gasteiger partial charge in [0.1, 0.15) is 5.75 Å². The normalized spacial score (nSPS) is 27.7. The number of nitrogens with zero attached hydrogens (tertiary/aromatic N) is 1.